The zero-order valence-electron chi connectivity index (χ0n) is 16.6. The van der Waals surface area contributed by atoms with E-state index in [1.54, 1.807) is 18.2 Å². The molecule has 0 radical (unpaired) electrons. The number of imide groups is 1. The topological polar surface area (TPSA) is 46.6 Å². The van der Waals surface area contributed by atoms with Crippen LogP contribution in [-0.2, 0) is 17.9 Å². The number of benzene rings is 3. The van der Waals surface area contributed by atoms with Crippen LogP contribution in [0.2, 0.25) is 5.02 Å². The van der Waals surface area contributed by atoms with Gasteiger partial charge in [0.15, 0.2) is 0 Å². The number of carbonyl (C=O) groups is 2. The number of halogens is 3. The first-order valence-electron chi connectivity index (χ1n) is 9.57. The lowest BCUT2D eigenvalue weighted by Crippen LogP contribution is -2.27. The van der Waals surface area contributed by atoms with Crippen LogP contribution in [0.4, 0.5) is 4.79 Å². The van der Waals surface area contributed by atoms with E-state index in [0.29, 0.717) is 22.3 Å². The molecule has 0 spiro atoms. The van der Waals surface area contributed by atoms with Gasteiger partial charge in [0.25, 0.3) is 11.1 Å². The van der Waals surface area contributed by atoms with E-state index in [1.807, 2.05) is 54.6 Å². The Bertz CT molecular complexity index is 1190. The van der Waals surface area contributed by atoms with Crippen molar-refractivity contribution in [2.75, 3.05) is 0 Å². The van der Waals surface area contributed by atoms with Crippen molar-refractivity contribution in [3.8, 4) is 5.75 Å². The summed E-state index contributed by atoms with van der Waals surface area (Å²) in [6.07, 6.45) is 1.70. The molecule has 3 aromatic carbocycles. The first-order valence-corrected chi connectivity index (χ1v) is 12.3. The molecule has 1 aliphatic heterocycles. The third-order valence-corrected chi connectivity index (χ3v) is 7.16. The van der Waals surface area contributed by atoms with Gasteiger partial charge < -0.3 is 4.74 Å². The lowest BCUT2D eigenvalue weighted by molar-refractivity contribution is -0.123. The molecular formula is C24H16Br2ClNO3S. The van der Waals surface area contributed by atoms with Crippen molar-refractivity contribution in [1.82, 2.24) is 4.90 Å². The molecule has 1 aliphatic rings. The van der Waals surface area contributed by atoms with E-state index < -0.39 is 0 Å². The maximum Gasteiger partial charge on any atom is 0.293 e. The third kappa shape index (κ3) is 5.29. The summed E-state index contributed by atoms with van der Waals surface area (Å²) in [4.78, 5) is 26.9. The van der Waals surface area contributed by atoms with E-state index in [4.69, 9.17) is 16.3 Å². The van der Waals surface area contributed by atoms with Crippen molar-refractivity contribution >= 4 is 72.4 Å². The SMILES string of the molecule is O=C1S/C(=C\c2cc(Br)c(OCc3ccccc3)c(Br)c2)C(=O)N1Cc1ccccc1Cl. The zero-order chi connectivity index (χ0) is 22.7. The summed E-state index contributed by atoms with van der Waals surface area (Å²) < 4.78 is 7.43. The summed E-state index contributed by atoms with van der Waals surface area (Å²) in [5, 5.41) is 0.205. The van der Waals surface area contributed by atoms with Gasteiger partial charge in [-0.2, -0.15) is 0 Å². The van der Waals surface area contributed by atoms with E-state index in [9.17, 15) is 9.59 Å². The summed E-state index contributed by atoms with van der Waals surface area (Å²) >= 11 is 14.2. The number of thioether (sulfide) groups is 1. The molecule has 0 atom stereocenters. The van der Waals surface area contributed by atoms with Crippen LogP contribution in [0.25, 0.3) is 6.08 Å². The van der Waals surface area contributed by atoms with E-state index >= 15 is 0 Å². The molecule has 32 heavy (non-hydrogen) atoms. The van der Waals surface area contributed by atoms with Crippen molar-refractivity contribution in [2.45, 2.75) is 13.2 Å². The standard InChI is InChI=1S/C24H16Br2ClNO3S/c25-18-10-16(11-19(26)22(18)31-14-15-6-2-1-3-7-15)12-21-23(29)28(24(30)32-21)13-17-8-4-5-9-20(17)27/h1-12H,13-14H2/b21-12-. The Morgan fingerprint density at radius 2 is 1.62 bits per heavy atom. The van der Waals surface area contributed by atoms with Gasteiger partial charge in [-0.15, -0.1) is 0 Å². The molecule has 0 aromatic heterocycles. The Morgan fingerprint density at radius 1 is 0.969 bits per heavy atom. The molecule has 0 aliphatic carbocycles. The normalized spacial score (nSPS) is 15.0. The molecule has 0 unspecified atom stereocenters. The van der Waals surface area contributed by atoms with E-state index in [0.717, 1.165) is 37.4 Å². The van der Waals surface area contributed by atoms with Gasteiger partial charge in [0.1, 0.15) is 12.4 Å². The average Bonchev–Trinajstić information content (AvgIpc) is 3.02. The highest BCUT2D eigenvalue weighted by Gasteiger charge is 2.35. The second-order valence-corrected chi connectivity index (χ2v) is 10.1. The van der Waals surface area contributed by atoms with Crippen LogP contribution in [0.1, 0.15) is 16.7 Å². The summed E-state index contributed by atoms with van der Waals surface area (Å²) in [6.45, 7) is 0.569. The predicted octanol–water partition coefficient (Wildman–Crippen LogP) is 7.68. The number of carbonyl (C=O) groups excluding carboxylic acids is 2. The van der Waals surface area contributed by atoms with Gasteiger partial charge in [0.05, 0.1) is 20.4 Å². The molecule has 0 saturated carbocycles. The van der Waals surface area contributed by atoms with E-state index in [-0.39, 0.29) is 17.7 Å². The number of hydrogen-bond donors (Lipinski definition) is 0. The second kappa shape index (κ2) is 10.3. The fourth-order valence-electron chi connectivity index (χ4n) is 3.12. The van der Waals surface area contributed by atoms with E-state index in [2.05, 4.69) is 31.9 Å². The average molecular weight is 594 g/mol. The first kappa shape index (κ1) is 23.1. The summed E-state index contributed by atoms with van der Waals surface area (Å²) in [7, 11) is 0. The molecule has 2 amide bonds. The Kier molecular flexibility index (Phi) is 7.40. The highest BCUT2D eigenvalue weighted by Crippen LogP contribution is 2.38. The van der Waals surface area contributed by atoms with Gasteiger partial charge in [-0.1, -0.05) is 60.1 Å². The highest BCUT2D eigenvalue weighted by molar-refractivity contribution is 9.11. The molecule has 162 valence electrons. The van der Waals surface area contributed by atoms with Gasteiger partial charge in [0.2, 0.25) is 0 Å². The minimum Gasteiger partial charge on any atom is -0.487 e. The molecule has 1 heterocycles. The van der Waals surface area contributed by atoms with Crippen LogP contribution >= 0.6 is 55.2 Å². The second-order valence-electron chi connectivity index (χ2n) is 6.95. The Morgan fingerprint density at radius 3 is 2.31 bits per heavy atom. The molecule has 0 bridgehead atoms. The number of amides is 2. The molecule has 4 nitrogen and oxygen atoms in total. The van der Waals surface area contributed by atoms with Crippen LogP contribution < -0.4 is 4.74 Å². The van der Waals surface area contributed by atoms with Gasteiger partial charge in [-0.3, -0.25) is 14.5 Å². The van der Waals surface area contributed by atoms with Crippen molar-refractivity contribution in [2.24, 2.45) is 0 Å². The van der Waals surface area contributed by atoms with Crippen molar-refractivity contribution in [3.63, 3.8) is 0 Å². The van der Waals surface area contributed by atoms with Crippen LogP contribution in [-0.4, -0.2) is 16.0 Å². The number of ether oxygens (including phenoxy) is 1. The largest absolute Gasteiger partial charge is 0.487 e. The summed E-state index contributed by atoms with van der Waals surface area (Å²) in [5.41, 5.74) is 2.55. The zero-order valence-corrected chi connectivity index (χ0v) is 21.3. The summed E-state index contributed by atoms with van der Waals surface area (Å²) in [5.74, 6) is 0.328. The van der Waals surface area contributed by atoms with Crippen molar-refractivity contribution in [1.29, 1.82) is 0 Å². The monoisotopic (exact) mass is 591 g/mol. The van der Waals surface area contributed by atoms with Gasteiger partial charge in [-0.05, 0) is 84.6 Å². The van der Waals surface area contributed by atoms with Crippen molar-refractivity contribution < 1.29 is 14.3 Å². The molecule has 8 heteroatoms. The fourth-order valence-corrected chi connectivity index (χ4v) is 5.60. The smallest absolute Gasteiger partial charge is 0.293 e. The van der Waals surface area contributed by atoms with Crippen LogP contribution in [0.15, 0.2) is 80.6 Å². The highest BCUT2D eigenvalue weighted by atomic mass is 79.9. The number of nitrogens with zero attached hydrogens (tertiary/aromatic N) is 1. The molecular weight excluding hydrogens is 578 g/mol. The fraction of sp³-hybridized carbons (Fsp3) is 0.0833. The van der Waals surface area contributed by atoms with Crippen LogP contribution in [0.5, 0.6) is 5.75 Å². The quantitative estimate of drug-likeness (QED) is 0.275. The van der Waals surface area contributed by atoms with Crippen LogP contribution in [0.3, 0.4) is 0 Å². The van der Waals surface area contributed by atoms with E-state index in [1.165, 1.54) is 4.90 Å². The van der Waals surface area contributed by atoms with Crippen LogP contribution in [0, 0.1) is 0 Å². The lowest BCUT2D eigenvalue weighted by Gasteiger charge is -2.13. The minimum atomic E-state index is -0.337. The number of hydrogen-bond acceptors (Lipinski definition) is 4. The van der Waals surface area contributed by atoms with Gasteiger partial charge >= 0.3 is 0 Å². The molecule has 1 fully saturated rings. The molecule has 0 N–H and O–H groups in total. The molecule has 3 aromatic rings. The predicted molar refractivity (Wildman–Crippen MR) is 136 cm³/mol. The van der Waals surface area contributed by atoms with Crippen molar-refractivity contribution in [3.05, 3.63) is 102 Å². The Balaban J connectivity index is 1.51. The maximum atomic E-state index is 12.9. The molecule has 1 saturated heterocycles. The van der Waals surface area contributed by atoms with Gasteiger partial charge in [-0.25, -0.2) is 0 Å². The Hall–Kier alpha value is -2.06. The first-order chi connectivity index (χ1) is 15.4. The minimum absolute atomic E-state index is 0.140. The lowest BCUT2D eigenvalue weighted by atomic mass is 10.2. The maximum absolute atomic E-state index is 12.9. The Labute approximate surface area is 211 Å². The summed E-state index contributed by atoms with van der Waals surface area (Å²) in [6, 6.07) is 20.8. The molecule has 4 rings (SSSR count). The number of rotatable bonds is 6. The third-order valence-electron chi connectivity index (χ3n) is 4.70. The van der Waals surface area contributed by atoms with Gasteiger partial charge in [0, 0.05) is 5.02 Å².